The van der Waals surface area contributed by atoms with E-state index in [1.807, 2.05) is 20.2 Å². The lowest BCUT2D eigenvalue weighted by atomic mass is 10.6. The van der Waals surface area contributed by atoms with Gasteiger partial charge in [0.1, 0.15) is 0 Å². The number of nitrogens with zero attached hydrogens (tertiary/aromatic N) is 3. The molecule has 0 unspecified atom stereocenters. The summed E-state index contributed by atoms with van der Waals surface area (Å²) in [6, 6.07) is 0. The summed E-state index contributed by atoms with van der Waals surface area (Å²) in [5, 5.41) is 7.41. The van der Waals surface area contributed by atoms with Gasteiger partial charge in [-0.3, -0.25) is 9.48 Å². The number of aromatic nitrogens is 3. The van der Waals surface area contributed by atoms with Crippen molar-refractivity contribution in [2.75, 3.05) is 0 Å². The van der Waals surface area contributed by atoms with E-state index in [1.165, 1.54) is 0 Å². The van der Waals surface area contributed by atoms with Crippen LogP contribution in [0.4, 0.5) is 0 Å². The molecule has 56 valence electrons. The van der Waals surface area contributed by atoms with Crippen LogP contribution in [0, 0.1) is 6.92 Å². The van der Waals surface area contributed by atoms with Crippen LogP contribution in [0.15, 0.2) is 6.20 Å². The molecule has 0 saturated heterocycles. The fourth-order valence-corrected chi connectivity index (χ4v) is 0.463. The van der Waals surface area contributed by atoms with Gasteiger partial charge in [-0.1, -0.05) is 5.21 Å². The topological polar surface area (TPSA) is 73.8 Å². The zero-order valence-electron chi connectivity index (χ0n) is 5.98. The molecule has 0 aromatic carbocycles. The first-order valence-electron chi connectivity index (χ1n) is 2.69. The molecule has 0 saturated carbocycles. The highest BCUT2D eigenvalue weighted by Crippen LogP contribution is 1.82. The Kier molecular flexibility index (Phi) is 3.86. The van der Waals surface area contributed by atoms with Crippen molar-refractivity contribution in [3.05, 3.63) is 11.9 Å². The Balaban J connectivity index is 0.000000236. The van der Waals surface area contributed by atoms with Crippen molar-refractivity contribution in [2.24, 2.45) is 12.8 Å². The monoisotopic (exact) mass is 142 g/mol. The lowest BCUT2D eigenvalue weighted by Crippen LogP contribution is -1.85. The molecular weight excluding hydrogens is 132 g/mol. The van der Waals surface area contributed by atoms with E-state index in [0.29, 0.717) is 0 Å². The Bertz CT molecular complexity index is 179. The van der Waals surface area contributed by atoms with E-state index in [9.17, 15) is 0 Å². The van der Waals surface area contributed by atoms with Crippen LogP contribution in [-0.4, -0.2) is 21.4 Å². The molecule has 0 atom stereocenters. The minimum Gasteiger partial charge on any atom is -0.372 e. The molecule has 5 heteroatoms. The molecule has 1 amide bonds. The molecule has 0 aliphatic carbocycles. The SMILES string of the molecule is Cc1cn(C)nn1.NC=O. The number of nitrogens with two attached hydrogens (primary N) is 1. The fourth-order valence-electron chi connectivity index (χ4n) is 0.463. The molecule has 5 nitrogen and oxygen atoms in total. The summed E-state index contributed by atoms with van der Waals surface area (Å²) in [6.45, 7) is 1.91. The van der Waals surface area contributed by atoms with Crippen LogP contribution >= 0.6 is 0 Å². The summed E-state index contributed by atoms with van der Waals surface area (Å²) in [6.07, 6.45) is 2.11. The molecule has 1 aromatic heterocycles. The number of amides is 1. The highest BCUT2D eigenvalue weighted by molar-refractivity contribution is 5.42. The van der Waals surface area contributed by atoms with Gasteiger partial charge in [-0.05, 0) is 6.92 Å². The van der Waals surface area contributed by atoms with Crippen LogP contribution in [-0.2, 0) is 11.8 Å². The summed E-state index contributed by atoms with van der Waals surface area (Å²) >= 11 is 0. The molecule has 1 rings (SSSR count). The van der Waals surface area contributed by atoms with Gasteiger partial charge in [0.15, 0.2) is 0 Å². The minimum absolute atomic E-state index is 0.250. The quantitative estimate of drug-likeness (QED) is 0.483. The number of aryl methyl sites for hydroxylation is 2. The van der Waals surface area contributed by atoms with Gasteiger partial charge in [0.2, 0.25) is 6.41 Å². The zero-order valence-corrected chi connectivity index (χ0v) is 5.98. The second-order valence-electron chi connectivity index (χ2n) is 1.67. The zero-order chi connectivity index (χ0) is 7.98. The predicted molar refractivity (Wildman–Crippen MR) is 36.0 cm³/mol. The van der Waals surface area contributed by atoms with Crippen molar-refractivity contribution >= 4 is 6.41 Å². The lowest BCUT2D eigenvalue weighted by Gasteiger charge is -1.75. The van der Waals surface area contributed by atoms with E-state index in [2.05, 4.69) is 16.0 Å². The first-order valence-corrected chi connectivity index (χ1v) is 2.69. The Morgan fingerprint density at radius 3 is 2.40 bits per heavy atom. The van der Waals surface area contributed by atoms with Crippen LogP contribution in [0.2, 0.25) is 0 Å². The van der Waals surface area contributed by atoms with Gasteiger partial charge in [-0.25, -0.2) is 0 Å². The third-order valence-electron chi connectivity index (χ3n) is 0.717. The molecule has 1 heterocycles. The Morgan fingerprint density at radius 1 is 1.80 bits per heavy atom. The van der Waals surface area contributed by atoms with Crippen LogP contribution in [0.1, 0.15) is 5.69 Å². The second-order valence-corrected chi connectivity index (χ2v) is 1.67. The number of hydrogen-bond donors (Lipinski definition) is 1. The molecule has 0 radical (unpaired) electrons. The van der Waals surface area contributed by atoms with Crippen LogP contribution < -0.4 is 5.73 Å². The second kappa shape index (κ2) is 4.49. The van der Waals surface area contributed by atoms with Gasteiger partial charge in [-0.15, -0.1) is 5.10 Å². The maximum absolute atomic E-state index is 8.58. The maximum Gasteiger partial charge on any atom is 0.204 e. The number of carbonyl (C=O) groups is 1. The lowest BCUT2D eigenvalue weighted by molar-refractivity contribution is -0.106. The van der Waals surface area contributed by atoms with Gasteiger partial charge in [0, 0.05) is 13.2 Å². The third-order valence-corrected chi connectivity index (χ3v) is 0.717. The van der Waals surface area contributed by atoms with Crippen molar-refractivity contribution in [2.45, 2.75) is 6.92 Å². The molecule has 2 N–H and O–H groups in total. The average Bonchev–Trinajstić information content (AvgIpc) is 2.17. The first-order chi connectivity index (χ1) is 4.70. The van der Waals surface area contributed by atoms with Gasteiger partial charge >= 0.3 is 0 Å². The average molecular weight is 142 g/mol. The summed E-state index contributed by atoms with van der Waals surface area (Å²) in [7, 11) is 1.85. The molecular formula is C5H10N4O. The Hall–Kier alpha value is -1.39. The molecule has 0 bridgehead atoms. The van der Waals surface area contributed by atoms with Gasteiger partial charge in [0.05, 0.1) is 5.69 Å². The summed E-state index contributed by atoms with van der Waals surface area (Å²) in [5.74, 6) is 0. The van der Waals surface area contributed by atoms with Crippen molar-refractivity contribution in [3.63, 3.8) is 0 Å². The highest BCUT2D eigenvalue weighted by Gasteiger charge is 1.83. The smallest absolute Gasteiger partial charge is 0.204 e. The molecule has 10 heavy (non-hydrogen) atoms. The Labute approximate surface area is 58.8 Å². The summed E-state index contributed by atoms with van der Waals surface area (Å²) in [5.41, 5.74) is 5.13. The molecule has 0 spiro atoms. The van der Waals surface area contributed by atoms with E-state index in [0.717, 1.165) is 5.69 Å². The van der Waals surface area contributed by atoms with Crippen LogP contribution in [0.3, 0.4) is 0 Å². The number of hydrogen-bond acceptors (Lipinski definition) is 3. The molecule has 1 aromatic rings. The van der Waals surface area contributed by atoms with E-state index >= 15 is 0 Å². The third kappa shape index (κ3) is 3.59. The molecule has 0 aliphatic rings. The number of primary amides is 1. The van der Waals surface area contributed by atoms with Crippen LogP contribution in [0.25, 0.3) is 0 Å². The van der Waals surface area contributed by atoms with Crippen molar-refractivity contribution in [3.8, 4) is 0 Å². The van der Waals surface area contributed by atoms with E-state index in [1.54, 1.807) is 4.68 Å². The highest BCUT2D eigenvalue weighted by atomic mass is 16.1. The van der Waals surface area contributed by atoms with Gasteiger partial charge in [0.25, 0.3) is 0 Å². The normalized spacial score (nSPS) is 7.80. The largest absolute Gasteiger partial charge is 0.372 e. The predicted octanol–water partition coefficient (Wildman–Crippen LogP) is -0.775. The standard InChI is InChI=1S/C4H7N3.CH3NO/c1-4-3-7(2)6-5-4;2-1-3/h3H,1-2H3;1H,(H2,2,3). The number of carbonyl (C=O) groups excluding carboxylic acids is 1. The fraction of sp³-hybridized carbons (Fsp3) is 0.400. The minimum atomic E-state index is 0.250. The van der Waals surface area contributed by atoms with Crippen molar-refractivity contribution in [1.29, 1.82) is 0 Å². The molecule has 0 aliphatic heterocycles. The number of rotatable bonds is 0. The van der Waals surface area contributed by atoms with Gasteiger partial charge < -0.3 is 5.73 Å². The van der Waals surface area contributed by atoms with Gasteiger partial charge in [-0.2, -0.15) is 0 Å². The molecule has 0 fully saturated rings. The maximum atomic E-state index is 8.58. The van der Waals surface area contributed by atoms with E-state index in [4.69, 9.17) is 4.79 Å². The van der Waals surface area contributed by atoms with E-state index in [-0.39, 0.29) is 6.41 Å². The van der Waals surface area contributed by atoms with Crippen molar-refractivity contribution in [1.82, 2.24) is 15.0 Å². The van der Waals surface area contributed by atoms with Crippen molar-refractivity contribution < 1.29 is 4.79 Å². The van der Waals surface area contributed by atoms with Crippen LogP contribution in [0.5, 0.6) is 0 Å². The first kappa shape index (κ1) is 8.61. The van der Waals surface area contributed by atoms with E-state index < -0.39 is 0 Å². The summed E-state index contributed by atoms with van der Waals surface area (Å²) < 4.78 is 1.68. The summed E-state index contributed by atoms with van der Waals surface area (Å²) in [4.78, 5) is 8.58. The Morgan fingerprint density at radius 2 is 2.30 bits per heavy atom.